The lowest BCUT2D eigenvalue weighted by Gasteiger charge is -2.36. The summed E-state index contributed by atoms with van der Waals surface area (Å²) >= 11 is 6.43. The normalized spacial score (nSPS) is 15.7. The number of para-hydroxylation sites is 1. The lowest BCUT2D eigenvalue weighted by atomic mass is 10.0. The Balaban J connectivity index is 1.68. The summed E-state index contributed by atoms with van der Waals surface area (Å²) in [6, 6.07) is 7.59. The number of benzene rings is 1. The van der Waals surface area contributed by atoms with E-state index in [2.05, 4.69) is 31.2 Å². The monoisotopic (exact) mass is 456 g/mol. The van der Waals surface area contributed by atoms with Gasteiger partial charge in [-0.3, -0.25) is 9.69 Å². The summed E-state index contributed by atoms with van der Waals surface area (Å²) < 4.78 is 0. The average molecular weight is 457 g/mol. The van der Waals surface area contributed by atoms with Gasteiger partial charge in [0.25, 0.3) is 0 Å². The van der Waals surface area contributed by atoms with Gasteiger partial charge in [0.15, 0.2) is 0 Å². The van der Waals surface area contributed by atoms with Gasteiger partial charge in [0.05, 0.1) is 23.1 Å². The molecule has 0 amide bonds. The summed E-state index contributed by atoms with van der Waals surface area (Å²) in [6.07, 6.45) is 0. The number of carboxylic acid groups (broad SMARTS) is 1. The molecule has 0 saturated carbocycles. The number of hydrogen-bond acceptors (Lipinski definition) is 9. The Hall–Kier alpha value is -3.24. The Labute approximate surface area is 190 Å². The summed E-state index contributed by atoms with van der Waals surface area (Å²) in [5.41, 5.74) is 7.47. The smallest absolute Gasteiger partial charge is 0.317 e. The molecule has 0 bridgehead atoms. The van der Waals surface area contributed by atoms with E-state index in [0.717, 1.165) is 22.3 Å². The topological polar surface area (TPSA) is 133 Å². The first-order valence-corrected chi connectivity index (χ1v) is 10.7. The van der Waals surface area contributed by atoms with Crippen molar-refractivity contribution in [2.75, 3.05) is 48.7 Å². The highest BCUT2D eigenvalue weighted by molar-refractivity contribution is 6.35. The Morgan fingerprint density at radius 2 is 1.97 bits per heavy atom. The molecule has 1 unspecified atom stereocenters. The van der Waals surface area contributed by atoms with Gasteiger partial charge in [0.2, 0.25) is 11.9 Å². The lowest BCUT2D eigenvalue weighted by Crippen LogP contribution is -2.48. The molecule has 1 fully saturated rings. The molecule has 1 aliphatic heterocycles. The number of nitrogen functional groups attached to an aromatic ring is 1. The van der Waals surface area contributed by atoms with E-state index in [9.17, 15) is 4.79 Å². The van der Waals surface area contributed by atoms with Gasteiger partial charge in [0, 0.05) is 37.1 Å². The average Bonchev–Trinajstić information content (AvgIpc) is 2.72. The zero-order chi connectivity index (χ0) is 22.8. The number of carboxylic acids is 1. The van der Waals surface area contributed by atoms with Crippen LogP contribution in [0.4, 0.5) is 17.7 Å². The molecular weight excluding hydrogens is 432 g/mol. The van der Waals surface area contributed by atoms with Crippen molar-refractivity contribution < 1.29 is 9.90 Å². The van der Waals surface area contributed by atoms with E-state index in [4.69, 9.17) is 27.4 Å². The third-order valence-corrected chi connectivity index (χ3v) is 5.72. The molecule has 1 saturated heterocycles. The molecule has 1 aliphatic rings. The molecule has 10 nitrogen and oxygen atoms in total. The summed E-state index contributed by atoms with van der Waals surface area (Å²) in [5, 5.41) is 13.9. The van der Waals surface area contributed by atoms with Crippen LogP contribution in [0.1, 0.15) is 24.4 Å². The SMILES string of the molecule is Cc1nc(N)nc(NC(C)c2cc3cccc(Cl)c3nc2N2CCN(CC(=O)O)CC2)n1. The van der Waals surface area contributed by atoms with E-state index in [1.165, 1.54) is 0 Å². The molecule has 0 spiro atoms. The first-order valence-electron chi connectivity index (χ1n) is 10.3. The molecule has 1 aromatic carbocycles. The van der Waals surface area contributed by atoms with Crippen LogP contribution in [0.15, 0.2) is 24.3 Å². The van der Waals surface area contributed by atoms with Gasteiger partial charge in [-0.15, -0.1) is 0 Å². The van der Waals surface area contributed by atoms with E-state index < -0.39 is 5.97 Å². The second-order valence-corrected chi connectivity index (χ2v) is 8.21. The predicted molar refractivity (Wildman–Crippen MR) is 124 cm³/mol. The van der Waals surface area contributed by atoms with Crippen LogP contribution in [0.5, 0.6) is 0 Å². The Morgan fingerprint density at radius 1 is 1.22 bits per heavy atom. The van der Waals surface area contributed by atoms with Crippen molar-refractivity contribution in [3.63, 3.8) is 0 Å². The number of rotatable bonds is 6. The molecule has 1 atom stereocenters. The summed E-state index contributed by atoms with van der Waals surface area (Å²) in [4.78, 5) is 32.6. The number of fused-ring (bicyclic) bond motifs is 1. The van der Waals surface area contributed by atoms with Crippen molar-refractivity contribution >= 4 is 46.2 Å². The Kier molecular flexibility index (Phi) is 6.24. The van der Waals surface area contributed by atoms with Crippen LogP contribution in [0, 0.1) is 6.92 Å². The maximum absolute atomic E-state index is 11.1. The van der Waals surface area contributed by atoms with Crippen molar-refractivity contribution in [2.45, 2.75) is 19.9 Å². The predicted octanol–water partition coefficient (Wildman–Crippen LogP) is 2.34. The number of pyridine rings is 1. The van der Waals surface area contributed by atoms with E-state index in [1.807, 2.05) is 30.0 Å². The van der Waals surface area contributed by atoms with Crippen LogP contribution in [-0.2, 0) is 4.79 Å². The molecule has 168 valence electrons. The highest BCUT2D eigenvalue weighted by Crippen LogP contribution is 2.33. The molecule has 0 aliphatic carbocycles. The van der Waals surface area contributed by atoms with Crippen LogP contribution < -0.4 is 16.0 Å². The number of anilines is 3. The molecule has 11 heteroatoms. The van der Waals surface area contributed by atoms with Crippen LogP contribution in [0.25, 0.3) is 10.9 Å². The number of aromatic nitrogens is 4. The quantitative estimate of drug-likeness (QED) is 0.507. The first kappa shape index (κ1) is 22.0. The summed E-state index contributed by atoms with van der Waals surface area (Å²) in [6.45, 7) is 6.40. The summed E-state index contributed by atoms with van der Waals surface area (Å²) in [7, 11) is 0. The fourth-order valence-corrected chi connectivity index (χ4v) is 4.11. The van der Waals surface area contributed by atoms with E-state index in [-0.39, 0.29) is 18.5 Å². The van der Waals surface area contributed by atoms with Crippen LogP contribution in [0.3, 0.4) is 0 Å². The maximum atomic E-state index is 11.1. The highest BCUT2D eigenvalue weighted by Gasteiger charge is 2.24. The third kappa shape index (κ3) is 4.81. The van der Waals surface area contributed by atoms with Crippen molar-refractivity contribution in [1.29, 1.82) is 0 Å². The van der Waals surface area contributed by atoms with Gasteiger partial charge in [-0.1, -0.05) is 23.7 Å². The highest BCUT2D eigenvalue weighted by atomic mass is 35.5. The zero-order valence-corrected chi connectivity index (χ0v) is 18.7. The molecule has 3 aromatic rings. The number of piperazine rings is 1. The number of nitrogens with one attached hydrogen (secondary N) is 1. The number of aliphatic carboxylic acids is 1. The van der Waals surface area contributed by atoms with Crippen LogP contribution >= 0.6 is 11.6 Å². The standard InChI is InChI=1S/C21H25ClN8O2/c1-12(24-21-26-13(2)25-20(23)28-21)15-10-14-4-3-5-16(22)18(14)27-19(15)30-8-6-29(7-9-30)11-17(31)32/h3-5,10,12H,6-9,11H2,1-2H3,(H,31,32)(H3,23,24,25,26,28). The molecule has 2 aromatic heterocycles. The summed E-state index contributed by atoms with van der Waals surface area (Å²) in [5.74, 6) is 1.07. The minimum atomic E-state index is -0.820. The first-order chi connectivity index (χ1) is 15.3. The second kappa shape index (κ2) is 9.09. The van der Waals surface area contributed by atoms with Gasteiger partial charge in [-0.2, -0.15) is 15.0 Å². The van der Waals surface area contributed by atoms with Crippen molar-refractivity contribution in [1.82, 2.24) is 24.8 Å². The molecular formula is C21H25ClN8O2. The minimum absolute atomic E-state index is 0.0375. The number of nitrogens with zero attached hydrogens (tertiary/aromatic N) is 6. The van der Waals surface area contributed by atoms with Gasteiger partial charge < -0.3 is 21.1 Å². The molecule has 0 radical (unpaired) electrons. The maximum Gasteiger partial charge on any atom is 0.317 e. The van der Waals surface area contributed by atoms with Crippen molar-refractivity contribution in [3.8, 4) is 0 Å². The number of halogens is 1. The number of nitrogens with two attached hydrogens (primary N) is 1. The van der Waals surface area contributed by atoms with E-state index in [0.29, 0.717) is 43.0 Å². The minimum Gasteiger partial charge on any atom is -0.480 e. The van der Waals surface area contributed by atoms with Gasteiger partial charge in [-0.05, 0) is 26.0 Å². The van der Waals surface area contributed by atoms with Gasteiger partial charge in [-0.25, -0.2) is 4.98 Å². The van der Waals surface area contributed by atoms with Crippen molar-refractivity contribution in [2.24, 2.45) is 0 Å². The van der Waals surface area contributed by atoms with E-state index >= 15 is 0 Å². The van der Waals surface area contributed by atoms with Crippen LogP contribution in [0.2, 0.25) is 5.02 Å². The number of carbonyl (C=O) groups is 1. The fraction of sp³-hybridized carbons (Fsp3) is 0.381. The van der Waals surface area contributed by atoms with Gasteiger partial charge >= 0.3 is 5.97 Å². The number of hydrogen-bond donors (Lipinski definition) is 3. The Morgan fingerprint density at radius 3 is 2.66 bits per heavy atom. The largest absolute Gasteiger partial charge is 0.480 e. The van der Waals surface area contributed by atoms with E-state index in [1.54, 1.807) is 6.92 Å². The zero-order valence-electron chi connectivity index (χ0n) is 17.9. The van der Waals surface area contributed by atoms with Crippen LogP contribution in [-0.4, -0.2) is 68.6 Å². The van der Waals surface area contributed by atoms with Gasteiger partial charge in [0.1, 0.15) is 11.6 Å². The molecule has 3 heterocycles. The second-order valence-electron chi connectivity index (χ2n) is 7.80. The molecule has 4 N–H and O–H groups in total. The fourth-order valence-electron chi connectivity index (χ4n) is 3.89. The Bertz CT molecular complexity index is 1130. The third-order valence-electron chi connectivity index (χ3n) is 5.41. The molecule has 4 rings (SSSR count). The molecule has 32 heavy (non-hydrogen) atoms. The number of aryl methyl sites for hydroxylation is 1. The van der Waals surface area contributed by atoms with Crippen molar-refractivity contribution in [3.05, 3.63) is 40.7 Å². The lowest BCUT2D eigenvalue weighted by molar-refractivity contribution is -0.138.